The topological polar surface area (TPSA) is 94.6 Å². The minimum absolute atomic E-state index is 0.118. The van der Waals surface area contributed by atoms with E-state index in [9.17, 15) is 13.2 Å². The van der Waals surface area contributed by atoms with Gasteiger partial charge in [0.05, 0.1) is 31.3 Å². The number of methoxy groups -OCH3 is 2. The van der Waals surface area contributed by atoms with E-state index in [0.29, 0.717) is 42.6 Å². The van der Waals surface area contributed by atoms with Crippen LogP contribution < -0.4 is 14.2 Å². The molecule has 0 N–H and O–H groups in total. The number of amides is 1. The van der Waals surface area contributed by atoms with Crippen molar-refractivity contribution < 1.29 is 32.2 Å². The Bertz CT molecular complexity index is 1050. The summed E-state index contributed by atoms with van der Waals surface area (Å²) < 4.78 is 49.0. The zero-order valence-electron chi connectivity index (χ0n) is 19.2. The van der Waals surface area contributed by atoms with Crippen LogP contribution in [0.15, 0.2) is 47.4 Å². The first-order chi connectivity index (χ1) is 15.9. The summed E-state index contributed by atoms with van der Waals surface area (Å²) in [5, 5.41) is 0. The van der Waals surface area contributed by atoms with Gasteiger partial charge in [0.2, 0.25) is 10.0 Å². The molecule has 0 atom stereocenters. The first-order valence-corrected chi connectivity index (χ1v) is 12.2. The van der Waals surface area contributed by atoms with E-state index in [1.54, 1.807) is 35.2 Å². The third-order valence-corrected chi connectivity index (χ3v) is 7.22. The molecule has 0 aromatic heterocycles. The third-order valence-electron chi connectivity index (χ3n) is 5.33. The van der Waals surface area contributed by atoms with Crippen molar-refractivity contribution in [3.05, 3.63) is 48.0 Å². The Kier molecular flexibility index (Phi) is 8.54. The molecule has 0 unspecified atom stereocenters. The lowest BCUT2D eigenvalue weighted by atomic mass is 10.1. The van der Waals surface area contributed by atoms with Crippen molar-refractivity contribution in [2.45, 2.75) is 11.8 Å². The van der Waals surface area contributed by atoms with Crippen LogP contribution in [-0.4, -0.2) is 83.7 Å². The average Bonchev–Trinajstić information content (AvgIpc) is 2.86. The van der Waals surface area contributed by atoms with Crippen LogP contribution >= 0.6 is 0 Å². The van der Waals surface area contributed by atoms with E-state index in [-0.39, 0.29) is 37.0 Å². The molecule has 10 heteroatoms. The molecule has 0 radical (unpaired) electrons. The highest BCUT2D eigenvalue weighted by atomic mass is 32.2. The molecule has 1 saturated heterocycles. The second-order valence-corrected chi connectivity index (χ2v) is 9.19. The zero-order chi connectivity index (χ0) is 23.8. The first-order valence-electron chi connectivity index (χ1n) is 10.7. The van der Waals surface area contributed by atoms with Crippen molar-refractivity contribution in [1.29, 1.82) is 0 Å². The molecule has 1 aliphatic heterocycles. The molecule has 180 valence electrons. The number of hydrogen-bond acceptors (Lipinski definition) is 7. The normalized spacial score (nSPS) is 14.7. The van der Waals surface area contributed by atoms with Gasteiger partial charge in [-0.25, -0.2) is 8.42 Å². The van der Waals surface area contributed by atoms with E-state index in [1.807, 2.05) is 6.92 Å². The molecule has 33 heavy (non-hydrogen) atoms. The van der Waals surface area contributed by atoms with Gasteiger partial charge in [0.1, 0.15) is 12.4 Å². The number of sulfonamides is 1. The van der Waals surface area contributed by atoms with Gasteiger partial charge >= 0.3 is 0 Å². The summed E-state index contributed by atoms with van der Waals surface area (Å²) in [5.41, 5.74) is 0.449. The molecule has 0 bridgehead atoms. The van der Waals surface area contributed by atoms with Gasteiger partial charge < -0.3 is 23.8 Å². The van der Waals surface area contributed by atoms with Gasteiger partial charge in [-0.3, -0.25) is 4.79 Å². The maximum atomic E-state index is 13.1. The van der Waals surface area contributed by atoms with Crippen molar-refractivity contribution in [1.82, 2.24) is 9.21 Å². The maximum absolute atomic E-state index is 13.1. The number of carbonyl (C=O) groups is 1. The largest absolute Gasteiger partial charge is 0.493 e. The van der Waals surface area contributed by atoms with Gasteiger partial charge in [-0.15, -0.1) is 0 Å². The maximum Gasteiger partial charge on any atom is 0.257 e. The van der Waals surface area contributed by atoms with E-state index in [2.05, 4.69) is 0 Å². The summed E-state index contributed by atoms with van der Waals surface area (Å²) in [6, 6.07) is 11.5. The number of nitrogens with zero attached hydrogens (tertiary/aromatic N) is 2. The van der Waals surface area contributed by atoms with Gasteiger partial charge in [0, 0.05) is 38.9 Å². The Morgan fingerprint density at radius 2 is 1.61 bits per heavy atom. The number of benzene rings is 2. The lowest BCUT2D eigenvalue weighted by Gasteiger charge is -2.34. The van der Waals surface area contributed by atoms with Gasteiger partial charge in [-0.1, -0.05) is 12.1 Å². The van der Waals surface area contributed by atoms with Crippen molar-refractivity contribution >= 4 is 15.9 Å². The molecule has 9 nitrogen and oxygen atoms in total. The summed E-state index contributed by atoms with van der Waals surface area (Å²) in [4.78, 5) is 14.9. The van der Waals surface area contributed by atoms with Gasteiger partial charge in [-0.05, 0) is 31.2 Å². The highest BCUT2D eigenvalue weighted by Gasteiger charge is 2.31. The van der Waals surface area contributed by atoms with Crippen molar-refractivity contribution in [2.75, 3.05) is 60.2 Å². The highest BCUT2D eigenvalue weighted by molar-refractivity contribution is 7.89. The summed E-state index contributed by atoms with van der Waals surface area (Å²) in [7, 11) is -0.792. The number of rotatable bonds is 10. The van der Waals surface area contributed by atoms with E-state index in [4.69, 9.17) is 18.9 Å². The summed E-state index contributed by atoms with van der Waals surface area (Å²) in [6.07, 6.45) is 0. The van der Waals surface area contributed by atoms with E-state index >= 15 is 0 Å². The quantitative estimate of drug-likeness (QED) is 0.484. The van der Waals surface area contributed by atoms with Crippen LogP contribution in [0, 0.1) is 0 Å². The molecular weight excluding hydrogens is 448 g/mol. The fraction of sp³-hybridized carbons (Fsp3) is 0.435. The Morgan fingerprint density at radius 1 is 0.909 bits per heavy atom. The molecule has 0 saturated carbocycles. The number of ether oxygens (including phenoxy) is 4. The summed E-state index contributed by atoms with van der Waals surface area (Å²) >= 11 is 0. The van der Waals surface area contributed by atoms with Crippen LogP contribution in [0.1, 0.15) is 17.3 Å². The molecule has 1 aliphatic rings. The molecule has 2 aromatic rings. The SMILES string of the molecule is CCOCCOc1ccccc1C(=O)N1CCN(S(=O)(=O)c2ccc(OC)c(OC)c2)CC1. The third kappa shape index (κ3) is 5.76. The second kappa shape index (κ2) is 11.4. The van der Waals surface area contributed by atoms with Gasteiger partial charge in [0.25, 0.3) is 5.91 Å². The Balaban J connectivity index is 1.67. The fourth-order valence-electron chi connectivity index (χ4n) is 3.55. The van der Waals surface area contributed by atoms with Crippen LogP contribution in [0.4, 0.5) is 0 Å². The molecule has 1 amide bonds. The minimum atomic E-state index is -3.74. The molecule has 1 fully saturated rings. The van der Waals surface area contributed by atoms with Crippen LogP contribution in [0.2, 0.25) is 0 Å². The predicted molar refractivity (Wildman–Crippen MR) is 123 cm³/mol. The van der Waals surface area contributed by atoms with Crippen molar-refractivity contribution in [3.8, 4) is 17.2 Å². The highest BCUT2D eigenvalue weighted by Crippen LogP contribution is 2.31. The smallest absolute Gasteiger partial charge is 0.257 e. The van der Waals surface area contributed by atoms with Gasteiger partial charge in [-0.2, -0.15) is 4.31 Å². The van der Waals surface area contributed by atoms with Crippen LogP contribution in [-0.2, 0) is 14.8 Å². The summed E-state index contributed by atoms with van der Waals surface area (Å²) in [5.74, 6) is 1.09. The van der Waals surface area contributed by atoms with Crippen LogP contribution in [0.25, 0.3) is 0 Å². The van der Waals surface area contributed by atoms with Crippen LogP contribution in [0.5, 0.6) is 17.2 Å². The van der Waals surface area contributed by atoms with Crippen molar-refractivity contribution in [2.24, 2.45) is 0 Å². The first kappa shape index (κ1) is 24.8. The molecule has 0 aliphatic carbocycles. The van der Waals surface area contributed by atoms with E-state index in [1.165, 1.54) is 30.7 Å². The van der Waals surface area contributed by atoms with E-state index < -0.39 is 10.0 Å². The standard InChI is InChI=1S/C23H30N2O7S/c1-4-31-15-16-32-20-8-6-5-7-19(20)23(26)24-11-13-25(14-12-24)33(27,28)18-9-10-21(29-2)22(17-18)30-3/h5-10,17H,4,11-16H2,1-3H3. The predicted octanol–water partition coefficient (Wildman–Crippen LogP) is 2.27. The van der Waals surface area contributed by atoms with Gasteiger partial charge in [0.15, 0.2) is 11.5 Å². The number of piperazine rings is 1. The van der Waals surface area contributed by atoms with Crippen LogP contribution in [0.3, 0.4) is 0 Å². The van der Waals surface area contributed by atoms with Crippen molar-refractivity contribution in [3.63, 3.8) is 0 Å². The Morgan fingerprint density at radius 3 is 2.27 bits per heavy atom. The molecular formula is C23H30N2O7S. The monoisotopic (exact) mass is 478 g/mol. The summed E-state index contributed by atoms with van der Waals surface area (Å²) in [6.45, 7) is 4.22. The second-order valence-electron chi connectivity index (χ2n) is 7.25. The molecule has 1 heterocycles. The zero-order valence-corrected chi connectivity index (χ0v) is 20.0. The number of hydrogen-bond donors (Lipinski definition) is 0. The lowest BCUT2D eigenvalue weighted by Crippen LogP contribution is -2.50. The minimum Gasteiger partial charge on any atom is -0.493 e. The Hall–Kier alpha value is -2.82. The fourth-order valence-corrected chi connectivity index (χ4v) is 4.99. The average molecular weight is 479 g/mol. The molecule has 0 spiro atoms. The number of para-hydroxylation sites is 1. The molecule has 3 rings (SSSR count). The van der Waals surface area contributed by atoms with E-state index in [0.717, 1.165) is 0 Å². The lowest BCUT2D eigenvalue weighted by molar-refractivity contribution is 0.0688. The Labute approximate surface area is 194 Å². The number of carbonyl (C=O) groups excluding carboxylic acids is 1. The molecule has 2 aromatic carbocycles.